The summed E-state index contributed by atoms with van der Waals surface area (Å²) in [5.74, 6) is 0.705. The summed E-state index contributed by atoms with van der Waals surface area (Å²) < 4.78 is 14.1. The van der Waals surface area contributed by atoms with E-state index in [1.807, 2.05) is 14.0 Å². The van der Waals surface area contributed by atoms with Gasteiger partial charge in [0.25, 0.3) is 0 Å². The highest BCUT2D eigenvalue weighted by molar-refractivity contribution is 14.0. The van der Waals surface area contributed by atoms with Crippen molar-refractivity contribution in [2.45, 2.75) is 44.2 Å². The van der Waals surface area contributed by atoms with Gasteiger partial charge < -0.3 is 15.5 Å². The Morgan fingerprint density at radius 2 is 2.19 bits per heavy atom. The van der Waals surface area contributed by atoms with Crippen LogP contribution in [-0.2, 0) is 4.79 Å². The molecule has 144 valence electrons. The predicted octanol–water partition coefficient (Wildman–Crippen LogP) is 3.13. The molecule has 26 heavy (non-hydrogen) atoms. The van der Waals surface area contributed by atoms with Gasteiger partial charge in [0.15, 0.2) is 5.96 Å². The molecule has 1 amide bonds. The van der Waals surface area contributed by atoms with Gasteiger partial charge in [-0.05, 0) is 31.9 Å². The van der Waals surface area contributed by atoms with E-state index in [4.69, 9.17) is 11.6 Å². The molecule has 1 heterocycles. The zero-order valence-corrected chi connectivity index (χ0v) is 18.1. The number of halogens is 3. The van der Waals surface area contributed by atoms with Crippen molar-refractivity contribution in [2.75, 3.05) is 20.1 Å². The number of amides is 1. The Hall–Kier alpha value is -1.09. The Kier molecular flexibility index (Phi) is 7.52. The van der Waals surface area contributed by atoms with Crippen LogP contribution >= 0.6 is 35.6 Å². The number of carbonyl (C=O) groups excluding carboxylic acids is 1. The lowest BCUT2D eigenvalue weighted by atomic mass is 10.1. The molecule has 2 fully saturated rings. The first kappa shape index (κ1) is 21.2. The summed E-state index contributed by atoms with van der Waals surface area (Å²) in [6, 6.07) is 5.09. The van der Waals surface area contributed by atoms with Gasteiger partial charge in [0.05, 0.1) is 0 Å². The number of piperidine rings is 1. The monoisotopic (exact) mass is 494 g/mol. The molecule has 1 aromatic rings. The highest BCUT2D eigenvalue weighted by Crippen LogP contribution is 2.44. The molecule has 2 N–H and O–H groups in total. The van der Waals surface area contributed by atoms with E-state index in [2.05, 4.69) is 15.6 Å². The number of rotatable bonds is 4. The van der Waals surface area contributed by atoms with Gasteiger partial charge in [-0.3, -0.25) is 9.79 Å². The summed E-state index contributed by atoms with van der Waals surface area (Å²) in [5.41, 5.74) is 0.584. The molecule has 8 heteroatoms. The van der Waals surface area contributed by atoms with E-state index in [1.165, 1.54) is 6.07 Å². The maximum Gasteiger partial charge on any atom is 0.222 e. The van der Waals surface area contributed by atoms with E-state index < -0.39 is 0 Å². The zero-order chi connectivity index (χ0) is 18.0. The lowest BCUT2D eigenvalue weighted by Gasteiger charge is -2.31. The quantitative estimate of drug-likeness (QED) is 0.384. The second kappa shape index (κ2) is 9.21. The van der Waals surface area contributed by atoms with E-state index in [-0.39, 0.29) is 53.7 Å². The van der Waals surface area contributed by atoms with E-state index in [1.54, 1.807) is 17.0 Å². The van der Waals surface area contributed by atoms with Gasteiger partial charge >= 0.3 is 0 Å². The minimum atomic E-state index is -0.254. The highest BCUT2D eigenvalue weighted by Gasteiger charge is 2.42. The minimum absolute atomic E-state index is 0. The third kappa shape index (κ3) is 5.00. The van der Waals surface area contributed by atoms with E-state index in [9.17, 15) is 9.18 Å². The summed E-state index contributed by atoms with van der Waals surface area (Å²) in [4.78, 5) is 17.8. The Balaban J connectivity index is 0.00000243. The Labute approximate surface area is 175 Å². The van der Waals surface area contributed by atoms with Crippen molar-refractivity contribution in [1.82, 2.24) is 15.5 Å². The third-order valence-electron chi connectivity index (χ3n) is 4.77. The first-order chi connectivity index (χ1) is 12.0. The molecule has 5 nitrogen and oxygen atoms in total. The van der Waals surface area contributed by atoms with Crippen LogP contribution in [0.5, 0.6) is 0 Å². The molecular formula is C18H25ClFIN4O. The first-order valence-electron chi connectivity index (χ1n) is 8.75. The molecule has 3 unspecified atom stereocenters. The molecule has 0 radical (unpaired) electrons. The molecule has 1 saturated heterocycles. The normalized spacial score (nSPS) is 25.5. The first-order valence-corrected chi connectivity index (χ1v) is 9.12. The SMILES string of the molecule is CCN=C(NC1CCC(=O)N(C)C1)NC1CC1c1c(F)cccc1Cl.I. The Bertz CT molecular complexity index is 667. The second-order valence-corrected chi connectivity index (χ2v) is 7.11. The second-order valence-electron chi connectivity index (χ2n) is 6.71. The smallest absolute Gasteiger partial charge is 0.222 e. The predicted molar refractivity (Wildman–Crippen MR) is 113 cm³/mol. The van der Waals surface area contributed by atoms with Crippen LogP contribution in [0.2, 0.25) is 5.02 Å². The highest BCUT2D eigenvalue weighted by atomic mass is 127. The fourth-order valence-electron chi connectivity index (χ4n) is 3.33. The number of hydrogen-bond donors (Lipinski definition) is 2. The number of hydrogen-bond acceptors (Lipinski definition) is 2. The van der Waals surface area contributed by atoms with Crippen LogP contribution in [0.4, 0.5) is 4.39 Å². The number of likely N-dealkylation sites (tertiary alicyclic amines) is 1. The van der Waals surface area contributed by atoms with Gasteiger partial charge in [0, 0.05) is 55.1 Å². The number of guanidine groups is 1. The maximum atomic E-state index is 14.1. The van der Waals surface area contributed by atoms with E-state index >= 15 is 0 Å². The number of carbonyl (C=O) groups is 1. The molecular weight excluding hydrogens is 470 g/mol. The van der Waals surface area contributed by atoms with E-state index in [0.717, 1.165) is 18.8 Å². The number of nitrogens with one attached hydrogen (secondary N) is 2. The van der Waals surface area contributed by atoms with Crippen LogP contribution in [0, 0.1) is 5.82 Å². The van der Waals surface area contributed by atoms with Crippen molar-refractivity contribution in [3.05, 3.63) is 34.6 Å². The molecule has 1 aliphatic carbocycles. The fraction of sp³-hybridized carbons (Fsp3) is 0.556. The number of aliphatic imine (C=N–C) groups is 1. The lowest BCUT2D eigenvalue weighted by molar-refractivity contribution is -0.132. The van der Waals surface area contributed by atoms with E-state index in [0.29, 0.717) is 30.1 Å². The molecule has 0 spiro atoms. The van der Waals surface area contributed by atoms with Gasteiger partial charge in [0.2, 0.25) is 5.91 Å². The summed E-state index contributed by atoms with van der Waals surface area (Å²) in [5, 5.41) is 7.25. The summed E-state index contributed by atoms with van der Waals surface area (Å²) in [6.07, 6.45) is 2.17. The van der Waals surface area contributed by atoms with Gasteiger partial charge in [-0.25, -0.2) is 4.39 Å². The summed E-state index contributed by atoms with van der Waals surface area (Å²) in [7, 11) is 1.82. The summed E-state index contributed by atoms with van der Waals surface area (Å²) >= 11 is 6.16. The molecule has 0 bridgehead atoms. The van der Waals surface area contributed by atoms with Crippen LogP contribution in [0.25, 0.3) is 0 Å². The zero-order valence-electron chi connectivity index (χ0n) is 15.0. The van der Waals surface area contributed by atoms with Crippen LogP contribution in [0.15, 0.2) is 23.2 Å². The standard InChI is InChI=1S/C18H24ClFN4O.HI/c1-3-21-18(22-11-7-8-16(25)24(2)10-11)23-15-9-12(15)17-13(19)5-4-6-14(17)20;/h4-6,11-12,15H,3,7-10H2,1-2H3,(H2,21,22,23);1H. The largest absolute Gasteiger partial charge is 0.353 e. The van der Waals surface area contributed by atoms with Gasteiger partial charge in [0.1, 0.15) is 5.82 Å². The van der Waals surface area contributed by atoms with Crippen LogP contribution in [0.1, 0.15) is 37.7 Å². The number of likely N-dealkylation sites (N-methyl/N-ethyl adjacent to an activating group) is 1. The van der Waals surface area contributed by atoms with Gasteiger partial charge in [-0.1, -0.05) is 17.7 Å². The van der Waals surface area contributed by atoms with Crippen molar-refractivity contribution in [1.29, 1.82) is 0 Å². The Morgan fingerprint density at radius 1 is 1.42 bits per heavy atom. The van der Waals surface area contributed by atoms with Gasteiger partial charge in [-0.2, -0.15) is 0 Å². The van der Waals surface area contributed by atoms with Crippen molar-refractivity contribution in [2.24, 2.45) is 4.99 Å². The molecule has 2 aliphatic rings. The van der Waals surface area contributed by atoms with Crippen LogP contribution < -0.4 is 10.6 Å². The van der Waals surface area contributed by atoms with Crippen LogP contribution in [0.3, 0.4) is 0 Å². The van der Waals surface area contributed by atoms with Crippen molar-refractivity contribution in [3.63, 3.8) is 0 Å². The lowest BCUT2D eigenvalue weighted by Crippen LogP contribution is -2.52. The average molecular weight is 495 g/mol. The topological polar surface area (TPSA) is 56.7 Å². The summed E-state index contributed by atoms with van der Waals surface area (Å²) in [6.45, 7) is 3.28. The third-order valence-corrected chi connectivity index (χ3v) is 5.10. The molecule has 3 atom stereocenters. The molecule has 3 rings (SSSR count). The Morgan fingerprint density at radius 3 is 2.85 bits per heavy atom. The van der Waals surface area contributed by atoms with Gasteiger partial charge in [-0.15, -0.1) is 24.0 Å². The fourth-order valence-corrected chi connectivity index (χ4v) is 3.63. The molecule has 1 aromatic carbocycles. The molecule has 1 aliphatic heterocycles. The number of benzene rings is 1. The molecule has 0 aromatic heterocycles. The average Bonchev–Trinajstić information content (AvgIpc) is 3.30. The van der Waals surface area contributed by atoms with Crippen molar-refractivity contribution in [3.8, 4) is 0 Å². The van der Waals surface area contributed by atoms with Crippen LogP contribution in [-0.4, -0.2) is 49.0 Å². The van der Waals surface area contributed by atoms with Crippen molar-refractivity contribution >= 4 is 47.4 Å². The van der Waals surface area contributed by atoms with Crippen molar-refractivity contribution < 1.29 is 9.18 Å². The number of nitrogens with zero attached hydrogens (tertiary/aromatic N) is 2. The maximum absolute atomic E-state index is 14.1. The molecule has 1 saturated carbocycles. The minimum Gasteiger partial charge on any atom is -0.353 e.